The zero-order valence-electron chi connectivity index (χ0n) is 15.3. The third-order valence-electron chi connectivity index (χ3n) is 3.27. The second-order valence-electron chi connectivity index (χ2n) is 6.29. The van der Waals surface area contributed by atoms with Gasteiger partial charge in [-0.1, -0.05) is 0 Å². The van der Waals surface area contributed by atoms with E-state index < -0.39 is 18.0 Å². The van der Waals surface area contributed by atoms with E-state index in [1.807, 2.05) is 13.8 Å². The van der Waals surface area contributed by atoms with Crippen LogP contribution in [0.3, 0.4) is 0 Å². The SMILES string of the molecule is Cc1[nH]c(C(=O)O[C@H](C)C(=O)NC(C)C)c(C)c1C(=O)OC(C)C. The highest BCUT2D eigenvalue weighted by atomic mass is 16.6. The summed E-state index contributed by atoms with van der Waals surface area (Å²) in [7, 11) is 0. The normalized spacial score (nSPS) is 12.2. The van der Waals surface area contributed by atoms with Crippen molar-refractivity contribution in [2.45, 2.75) is 66.7 Å². The molecular weight excluding hydrogens is 312 g/mol. The van der Waals surface area contributed by atoms with Crippen LogP contribution < -0.4 is 5.32 Å². The lowest BCUT2D eigenvalue weighted by molar-refractivity contribution is -0.129. The lowest BCUT2D eigenvalue weighted by Gasteiger charge is -2.15. The van der Waals surface area contributed by atoms with Crippen molar-refractivity contribution < 1.29 is 23.9 Å². The van der Waals surface area contributed by atoms with E-state index in [4.69, 9.17) is 9.47 Å². The molecule has 7 heteroatoms. The van der Waals surface area contributed by atoms with Gasteiger partial charge in [-0.05, 0) is 54.0 Å². The number of esters is 2. The molecule has 134 valence electrons. The Morgan fingerprint density at radius 3 is 2.04 bits per heavy atom. The first-order chi connectivity index (χ1) is 11.0. The molecule has 0 saturated heterocycles. The molecule has 0 bridgehead atoms. The number of aryl methyl sites for hydroxylation is 1. The number of H-pyrrole nitrogens is 1. The molecule has 0 radical (unpaired) electrons. The smallest absolute Gasteiger partial charge is 0.355 e. The number of carbonyl (C=O) groups excluding carboxylic acids is 3. The van der Waals surface area contributed by atoms with Crippen LogP contribution in [0.5, 0.6) is 0 Å². The van der Waals surface area contributed by atoms with Gasteiger partial charge in [-0.2, -0.15) is 0 Å². The molecular formula is C17H26N2O5. The average molecular weight is 338 g/mol. The number of rotatable bonds is 6. The maximum atomic E-state index is 12.3. The Morgan fingerprint density at radius 1 is 0.958 bits per heavy atom. The topological polar surface area (TPSA) is 97.5 Å². The van der Waals surface area contributed by atoms with E-state index in [9.17, 15) is 14.4 Å². The van der Waals surface area contributed by atoms with Crippen LogP contribution in [0.25, 0.3) is 0 Å². The summed E-state index contributed by atoms with van der Waals surface area (Å²) in [5.41, 5.74) is 1.42. The molecule has 0 aliphatic carbocycles. The molecule has 0 aliphatic rings. The number of aromatic nitrogens is 1. The van der Waals surface area contributed by atoms with E-state index in [0.717, 1.165) is 0 Å². The van der Waals surface area contributed by atoms with E-state index in [0.29, 0.717) is 16.8 Å². The fourth-order valence-electron chi connectivity index (χ4n) is 2.21. The van der Waals surface area contributed by atoms with Gasteiger partial charge in [0.2, 0.25) is 0 Å². The highest BCUT2D eigenvalue weighted by Gasteiger charge is 2.26. The number of nitrogens with one attached hydrogen (secondary N) is 2. The average Bonchev–Trinajstić information content (AvgIpc) is 2.72. The van der Waals surface area contributed by atoms with Crippen LogP contribution >= 0.6 is 0 Å². The Balaban J connectivity index is 2.93. The number of aromatic amines is 1. The Hall–Kier alpha value is -2.31. The molecule has 0 unspecified atom stereocenters. The minimum Gasteiger partial charge on any atom is -0.459 e. The van der Waals surface area contributed by atoms with Gasteiger partial charge < -0.3 is 19.8 Å². The molecule has 0 spiro atoms. The highest BCUT2D eigenvalue weighted by Crippen LogP contribution is 2.20. The summed E-state index contributed by atoms with van der Waals surface area (Å²) in [6, 6.07) is -0.0504. The van der Waals surface area contributed by atoms with Crippen molar-refractivity contribution in [3.8, 4) is 0 Å². The van der Waals surface area contributed by atoms with E-state index in [1.165, 1.54) is 6.92 Å². The zero-order valence-corrected chi connectivity index (χ0v) is 15.3. The standard InChI is InChI=1S/C17H26N2O5/c1-8(2)18-15(20)12(7)24-17(22)14-10(5)13(11(6)19-14)16(21)23-9(3)4/h8-9,12,19H,1-7H3,(H,18,20)/t12-/m1/s1. The predicted molar refractivity (Wildman–Crippen MR) is 89.0 cm³/mol. The van der Waals surface area contributed by atoms with Crippen molar-refractivity contribution in [3.05, 3.63) is 22.5 Å². The van der Waals surface area contributed by atoms with Crippen LogP contribution in [-0.2, 0) is 14.3 Å². The molecule has 1 rings (SSSR count). The van der Waals surface area contributed by atoms with Crippen molar-refractivity contribution in [2.75, 3.05) is 0 Å². The molecule has 0 aromatic carbocycles. The summed E-state index contributed by atoms with van der Waals surface area (Å²) in [6.45, 7) is 11.9. The molecule has 2 N–H and O–H groups in total. The Labute approximate surface area is 142 Å². The molecule has 1 aromatic heterocycles. The minimum atomic E-state index is -0.936. The predicted octanol–water partition coefficient (Wildman–Crippen LogP) is 2.27. The number of ether oxygens (including phenoxy) is 2. The molecule has 0 aliphatic heterocycles. The van der Waals surface area contributed by atoms with Crippen LogP contribution in [0, 0.1) is 13.8 Å². The van der Waals surface area contributed by atoms with E-state index in [-0.39, 0.29) is 23.7 Å². The molecule has 0 fully saturated rings. The van der Waals surface area contributed by atoms with Crippen LogP contribution in [0.15, 0.2) is 0 Å². The Morgan fingerprint density at radius 2 is 1.54 bits per heavy atom. The van der Waals surface area contributed by atoms with Crippen LogP contribution in [0.4, 0.5) is 0 Å². The van der Waals surface area contributed by atoms with E-state index in [2.05, 4.69) is 10.3 Å². The Bertz CT molecular complexity index is 631. The lowest BCUT2D eigenvalue weighted by Crippen LogP contribution is -2.39. The van der Waals surface area contributed by atoms with Crippen LogP contribution in [0.2, 0.25) is 0 Å². The number of amides is 1. The maximum absolute atomic E-state index is 12.3. The summed E-state index contributed by atoms with van der Waals surface area (Å²) in [4.78, 5) is 39.1. The molecule has 1 aromatic rings. The molecule has 24 heavy (non-hydrogen) atoms. The second-order valence-corrected chi connectivity index (χ2v) is 6.29. The molecule has 0 saturated carbocycles. The van der Waals surface area contributed by atoms with Crippen molar-refractivity contribution >= 4 is 17.8 Å². The van der Waals surface area contributed by atoms with Gasteiger partial charge in [0.25, 0.3) is 5.91 Å². The maximum Gasteiger partial charge on any atom is 0.355 e. The number of hydrogen-bond donors (Lipinski definition) is 2. The quantitative estimate of drug-likeness (QED) is 0.776. The van der Waals surface area contributed by atoms with Crippen molar-refractivity contribution in [1.82, 2.24) is 10.3 Å². The third kappa shape index (κ3) is 4.84. The van der Waals surface area contributed by atoms with Gasteiger partial charge in [0.1, 0.15) is 5.69 Å². The summed E-state index contributed by atoms with van der Waals surface area (Å²) in [5, 5.41) is 2.67. The molecule has 1 amide bonds. The fraction of sp³-hybridized carbons (Fsp3) is 0.588. The van der Waals surface area contributed by atoms with Gasteiger partial charge >= 0.3 is 11.9 Å². The zero-order chi connectivity index (χ0) is 18.6. The van der Waals surface area contributed by atoms with E-state index in [1.54, 1.807) is 27.7 Å². The summed E-state index contributed by atoms with van der Waals surface area (Å²) >= 11 is 0. The van der Waals surface area contributed by atoms with Crippen LogP contribution in [-0.4, -0.2) is 41.1 Å². The summed E-state index contributed by atoms with van der Waals surface area (Å²) < 4.78 is 10.4. The van der Waals surface area contributed by atoms with Crippen LogP contribution in [0.1, 0.15) is 66.7 Å². The van der Waals surface area contributed by atoms with E-state index >= 15 is 0 Å². The minimum absolute atomic E-state index is 0.0504. The first-order valence-electron chi connectivity index (χ1n) is 7.96. The van der Waals surface area contributed by atoms with Crippen molar-refractivity contribution in [1.29, 1.82) is 0 Å². The van der Waals surface area contributed by atoms with Crippen molar-refractivity contribution in [3.63, 3.8) is 0 Å². The van der Waals surface area contributed by atoms with Gasteiger partial charge in [0.15, 0.2) is 6.10 Å². The van der Waals surface area contributed by atoms with Gasteiger partial charge in [-0.15, -0.1) is 0 Å². The van der Waals surface area contributed by atoms with Gasteiger partial charge in [-0.3, -0.25) is 4.79 Å². The molecule has 7 nitrogen and oxygen atoms in total. The number of carbonyl (C=O) groups is 3. The Kier molecular flexibility index (Phi) is 6.57. The summed E-state index contributed by atoms with van der Waals surface area (Å²) in [5.74, 6) is -1.56. The fourth-order valence-corrected chi connectivity index (χ4v) is 2.21. The van der Waals surface area contributed by atoms with Gasteiger partial charge in [0.05, 0.1) is 11.7 Å². The van der Waals surface area contributed by atoms with Gasteiger partial charge in [0, 0.05) is 11.7 Å². The first kappa shape index (κ1) is 19.7. The molecule has 1 atom stereocenters. The monoisotopic (exact) mass is 338 g/mol. The lowest BCUT2D eigenvalue weighted by atomic mass is 10.1. The first-order valence-corrected chi connectivity index (χ1v) is 7.96. The third-order valence-corrected chi connectivity index (χ3v) is 3.27. The second kappa shape index (κ2) is 7.99. The highest BCUT2D eigenvalue weighted by molar-refractivity contribution is 5.99. The largest absolute Gasteiger partial charge is 0.459 e. The van der Waals surface area contributed by atoms with Crippen molar-refractivity contribution in [2.24, 2.45) is 0 Å². The number of hydrogen-bond acceptors (Lipinski definition) is 5. The van der Waals surface area contributed by atoms with Gasteiger partial charge in [-0.25, -0.2) is 9.59 Å². The summed E-state index contributed by atoms with van der Waals surface area (Å²) in [6.07, 6.45) is -1.20. The molecule has 1 heterocycles.